The molecule has 7 nitrogen and oxygen atoms in total. The normalized spacial score (nSPS) is 16.5. The lowest BCUT2D eigenvalue weighted by Gasteiger charge is -2.21. The molecule has 0 spiro atoms. The molecule has 0 atom stereocenters. The Morgan fingerprint density at radius 2 is 2.00 bits per heavy atom. The van der Waals surface area contributed by atoms with Crippen LogP contribution in [-0.4, -0.2) is 54.9 Å². The van der Waals surface area contributed by atoms with E-state index in [0.29, 0.717) is 36.8 Å². The Bertz CT molecular complexity index is 981. The summed E-state index contributed by atoms with van der Waals surface area (Å²) in [5.74, 6) is 0.121. The van der Waals surface area contributed by atoms with Crippen LogP contribution in [0.2, 0.25) is 5.02 Å². The third-order valence-corrected chi connectivity index (χ3v) is 6.98. The van der Waals surface area contributed by atoms with Crippen LogP contribution in [0.4, 0.5) is 0 Å². The zero-order chi connectivity index (χ0) is 20.3. The number of halogens is 1. The van der Waals surface area contributed by atoms with Crippen molar-refractivity contribution in [1.29, 1.82) is 0 Å². The van der Waals surface area contributed by atoms with Crippen molar-refractivity contribution in [3.63, 3.8) is 0 Å². The predicted octanol–water partition coefficient (Wildman–Crippen LogP) is 2.88. The summed E-state index contributed by atoms with van der Waals surface area (Å²) < 4.78 is 32.3. The minimum atomic E-state index is -3.71. The first-order valence-electron chi connectivity index (χ1n) is 8.94. The van der Waals surface area contributed by atoms with Crippen molar-refractivity contribution in [2.24, 2.45) is 0 Å². The number of benzene rings is 1. The average Bonchev–Trinajstić information content (AvgIpc) is 2.85. The highest BCUT2D eigenvalue weighted by Gasteiger charge is 2.32. The molecular weight excluding hydrogens is 402 g/mol. The van der Waals surface area contributed by atoms with Crippen molar-refractivity contribution in [2.75, 3.05) is 26.2 Å². The SMILES string of the molecule is Cc1noc(C)c1S(=O)(=O)N1CCCN(C(=O)C=Cc2cccc(Cl)c2)CC1. The number of aryl methyl sites for hydroxylation is 2. The molecule has 0 unspecified atom stereocenters. The predicted molar refractivity (Wildman–Crippen MR) is 106 cm³/mol. The highest BCUT2D eigenvalue weighted by molar-refractivity contribution is 7.89. The van der Waals surface area contributed by atoms with Crippen LogP contribution in [0.3, 0.4) is 0 Å². The lowest BCUT2D eigenvalue weighted by molar-refractivity contribution is -0.125. The van der Waals surface area contributed by atoms with Crippen LogP contribution in [0, 0.1) is 13.8 Å². The summed E-state index contributed by atoms with van der Waals surface area (Å²) in [6.45, 7) is 4.57. The Kier molecular flexibility index (Phi) is 6.22. The molecule has 1 amide bonds. The van der Waals surface area contributed by atoms with Crippen molar-refractivity contribution in [1.82, 2.24) is 14.4 Å². The number of sulfonamides is 1. The third-order valence-electron chi connectivity index (χ3n) is 4.60. The largest absolute Gasteiger partial charge is 0.360 e. The number of aromatic nitrogens is 1. The van der Waals surface area contributed by atoms with Crippen molar-refractivity contribution >= 4 is 33.6 Å². The molecule has 0 saturated carbocycles. The summed E-state index contributed by atoms with van der Waals surface area (Å²) >= 11 is 5.95. The molecule has 0 radical (unpaired) electrons. The molecule has 0 aliphatic carbocycles. The van der Waals surface area contributed by atoms with Crippen LogP contribution >= 0.6 is 11.6 Å². The molecule has 150 valence electrons. The Hall–Kier alpha value is -2.16. The number of rotatable bonds is 4. The Labute approximate surface area is 169 Å². The second kappa shape index (κ2) is 8.46. The summed E-state index contributed by atoms with van der Waals surface area (Å²) in [7, 11) is -3.71. The van der Waals surface area contributed by atoms with Gasteiger partial charge in [-0.25, -0.2) is 8.42 Å². The van der Waals surface area contributed by atoms with Crippen molar-refractivity contribution in [3.8, 4) is 0 Å². The van der Waals surface area contributed by atoms with Crippen LogP contribution in [0.25, 0.3) is 6.08 Å². The van der Waals surface area contributed by atoms with E-state index in [2.05, 4.69) is 5.16 Å². The van der Waals surface area contributed by atoms with Crippen molar-refractivity contribution in [3.05, 3.63) is 52.4 Å². The average molecular weight is 424 g/mol. The molecule has 0 bridgehead atoms. The highest BCUT2D eigenvalue weighted by atomic mass is 35.5. The van der Waals surface area contributed by atoms with E-state index >= 15 is 0 Å². The van der Waals surface area contributed by atoms with Gasteiger partial charge in [0.1, 0.15) is 10.6 Å². The fourth-order valence-electron chi connectivity index (χ4n) is 3.21. The number of carbonyl (C=O) groups is 1. The van der Waals surface area contributed by atoms with Gasteiger partial charge in [-0.1, -0.05) is 28.9 Å². The van der Waals surface area contributed by atoms with Gasteiger partial charge in [-0.2, -0.15) is 4.31 Å². The lowest BCUT2D eigenvalue weighted by Crippen LogP contribution is -2.37. The number of carbonyl (C=O) groups excluding carboxylic acids is 1. The standard InChI is InChI=1S/C19H22ClN3O4S/c1-14-19(15(2)27-21-14)28(25,26)23-10-4-9-22(11-12-23)18(24)8-7-16-5-3-6-17(20)13-16/h3,5-8,13H,4,9-12H2,1-2H3. The van der Waals surface area contributed by atoms with Gasteiger partial charge in [0, 0.05) is 37.3 Å². The van der Waals surface area contributed by atoms with Gasteiger partial charge < -0.3 is 9.42 Å². The quantitative estimate of drug-likeness (QED) is 0.706. The molecule has 0 N–H and O–H groups in total. The second-order valence-corrected chi connectivity index (χ2v) is 8.94. The molecule has 28 heavy (non-hydrogen) atoms. The summed E-state index contributed by atoms with van der Waals surface area (Å²) in [5, 5.41) is 4.34. The zero-order valence-electron chi connectivity index (χ0n) is 15.8. The molecule has 1 aromatic carbocycles. The van der Waals surface area contributed by atoms with Crippen LogP contribution in [0.1, 0.15) is 23.4 Å². The zero-order valence-corrected chi connectivity index (χ0v) is 17.3. The van der Waals surface area contributed by atoms with E-state index in [1.165, 1.54) is 10.4 Å². The minimum Gasteiger partial charge on any atom is -0.360 e. The summed E-state index contributed by atoms with van der Waals surface area (Å²) in [4.78, 5) is 14.3. The van der Waals surface area contributed by atoms with E-state index in [-0.39, 0.29) is 23.1 Å². The second-order valence-electron chi connectivity index (χ2n) is 6.62. The van der Waals surface area contributed by atoms with Crippen molar-refractivity contribution < 1.29 is 17.7 Å². The molecule has 1 aliphatic heterocycles. The van der Waals surface area contributed by atoms with E-state index in [9.17, 15) is 13.2 Å². The van der Waals surface area contributed by atoms with Gasteiger partial charge in [-0.3, -0.25) is 4.79 Å². The van der Waals surface area contributed by atoms with Gasteiger partial charge in [0.2, 0.25) is 15.9 Å². The Morgan fingerprint density at radius 1 is 1.21 bits per heavy atom. The van der Waals surface area contributed by atoms with Gasteiger partial charge >= 0.3 is 0 Å². The first-order valence-corrected chi connectivity index (χ1v) is 10.8. The van der Waals surface area contributed by atoms with Gasteiger partial charge in [0.05, 0.1) is 0 Å². The number of hydrogen-bond donors (Lipinski definition) is 0. The number of amides is 1. The molecular formula is C19H22ClN3O4S. The van der Waals surface area contributed by atoms with Gasteiger partial charge in [0.15, 0.2) is 5.76 Å². The first-order chi connectivity index (χ1) is 13.3. The molecule has 2 heterocycles. The fourth-order valence-corrected chi connectivity index (χ4v) is 5.17. The van der Waals surface area contributed by atoms with Crippen LogP contribution in [0.15, 0.2) is 39.8 Å². The summed E-state index contributed by atoms with van der Waals surface area (Å²) in [6, 6.07) is 7.21. The third kappa shape index (κ3) is 4.45. The smallest absolute Gasteiger partial charge is 0.248 e. The maximum Gasteiger partial charge on any atom is 0.248 e. The monoisotopic (exact) mass is 423 g/mol. The van der Waals surface area contributed by atoms with E-state index in [0.717, 1.165) is 5.56 Å². The van der Waals surface area contributed by atoms with Gasteiger partial charge in [0.25, 0.3) is 0 Å². The summed E-state index contributed by atoms with van der Waals surface area (Å²) in [5.41, 5.74) is 1.18. The van der Waals surface area contributed by atoms with Crippen LogP contribution < -0.4 is 0 Å². The topological polar surface area (TPSA) is 83.7 Å². The molecule has 2 aromatic rings. The number of hydrogen-bond acceptors (Lipinski definition) is 5. The Morgan fingerprint density at radius 3 is 2.68 bits per heavy atom. The van der Waals surface area contributed by atoms with E-state index in [4.69, 9.17) is 16.1 Å². The van der Waals surface area contributed by atoms with Gasteiger partial charge in [-0.15, -0.1) is 0 Å². The van der Waals surface area contributed by atoms with Gasteiger partial charge in [-0.05, 0) is 44.0 Å². The Balaban J connectivity index is 1.68. The summed E-state index contributed by atoms with van der Waals surface area (Å²) in [6.07, 6.45) is 3.75. The maximum atomic E-state index is 13.0. The first kappa shape index (κ1) is 20.6. The van der Waals surface area contributed by atoms with Crippen LogP contribution in [-0.2, 0) is 14.8 Å². The van der Waals surface area contributed by atoms with E-state index in [1.54, 1.807) is 37.0 Å². The minimum absolute atomic E-state index is 0.119. The van der Waals surface area contributed by atoms with Crippen molar-refractivity contribution in [2.45, 2.75) is 25.2 Å². The molecule has 9 heteroatoms. The highest BCUT2D eigenvalue weighted by Crippen LogP contribution is 2.24. The van der Waals surface area contributed by atoms with E-state index in [1.807, 2.05) is 12.1 Å². The molecule has 3 rings (SSSR count). The molecule has 1 fully saturated rings. The molecule has 1 saturated heterocycles. The lowest BCUT2D eigenvalue weighted by atomic mass is 10.2. The fraction of sp³-hybridized carbons (Fsp3) is 0.368. The number of nitrogens with zero attached hydrogens (tertiary/aromatic N) is 3. The van der Waals surface area contributed by atoms with Crippen LogP contribution in [0.5, 0.6) is 0 Å². The van der Waals surface area contributed by atoms with E-state index < -0.39 is 10.0 Å². The maximum absolute atomic E-state index is 13.0. The molecule has 1 aromatic heterocycles. The molecule has 1 aliphatic rings.